The van der Waals surface area contributed by atoms with E-state index in [-0.39, 0.29) is 28.9 Å². The molecule has 1 fully saturated rings. The summed E-state index contributed by atoms with van der Waals surface area (Å²) in [6.45, 7) is 8.57. The van der Waals surface area contributed by atoms with Gasteiger partial charge in [0, 0.05) is 17.1 Å². The van der Waals surface area contributed by atoms with Crippen molar-refractivity contribution in [3.8, 4) is 5.75 Å². The van der Waals surface area contributed by atoms with Crippen LogP contribution >= 0.6 is 0 Å². The molecule has 1 aliphatic rings. The van der Waals surface area contributed by atoms with Crippen LogP contribution in [0, 0.1) is 0 Å². The largest absolute Gasteiger partial charge is 0.506 e. The first-order valence-electron chi connectivity index (χ1n) is 7.32. The molecule has 116 valence electrons. The molecule has 1 heterocycles. The van der Waals surface area contributed by atoms with E-state index in [0.717, 1.165) is 12.8 Å². The SMILES string of the molecule is CC1(C)CC(NC(=O)Nc2ccccc2O)CC(C)(C)N1. The highest BCUT2D eigenvalue weighted by Crippen LogP contribution is 2.28. The number of phenols is 1. The Kier molecular flexibility index (Phi) is 4.14. The molecule has 5 heteroatoms. The number of carbonyl (C=O) groups is 1. The lowest BCUT2D eigenvalue weighted by atomic mass is 9.80. The number of phenolic OH excluding ortho intramolecular Hbond substituents is 1. The van der Waals surface area contributed by atoms with Crippen molar-refractivity contribution in [2.45, 2.75) is 57.7 Å². The van der Waals surface area contributed by atoms with E-state index in [1.54, 1.807) is 24.3 Å². The molecule has 0 atom stereocenters. The van der Waals surface area contributed by atoms with Crippen LogP contribution in [0.1, 0.15) is 40.5 Å². The lowest BCUT2D eigenvalue weighted by Crippen LogP contribution is -2.62. The minimum Gasteiger partial charge on any atom is -0.506 e. The molecule has 0 unspecified atom stereocenters. The average molecular weight is 291 g/mol. The second-order valence-electron chi connectivity index (χ2n) is 7.11. The summed E-state index contributed by atoms with van der Waals surface area (Å²) >= 11 is 0. The normalized spacial score (nSPS) is 20.8. The standard InChI is InChI=1S/C16H25N3O2/c1-15(2)9-11(10-16(3,4)19-15)17-14(21)18-12-7-5-6-8-13(12)20/h5-8,11,19-20H,9-10H2,1-4H3,(H2,17,18,21). The molecule has 0 saturated carbocycles. The summed E-state index contributed by atoms with van der Waals surface area (Å²) in [5.41, 5.74) is 0.380. The first kappa shape index (κ1) is 15.6. The Hall–Kier alpha value is -1.75. The van der Waals surface area contributed by atoms with Crippen molar-refractivity contribution in [2.24, 2.45) is 0 Å². The van der Waals surface area contributed by atoms with Crippen molar-refractivity contribution >= 4 is 11.7 Å². The number of amides is 2. The molecule has 0 aliphatic carbocycles. The third-order valence-corrected chi connectivity index (χ3v) is 3.68. The topological polar surface area (TPSA) is 73.4 Å². The highest BCUT2D eigenvalue weighted by Gasteiger charge is 2.38. The van der Waals surface area contributed by atoms with Crippen LogP contribution < -0.4 is 16.0 Å². The fraction of sp³-hybridized carbons (Fsp3) is 0.562. The first-order valence-corrected chi connectivity index (χ1v) is 7.32. The van der Waals surface area contributed by atoms with E-state index in [1.165, 1.54) is 0 Å². The summed E-state index contributed by atoms with van der Waals surface area (Å²) in [5, 5.41) is 19.0. The zero-order chi connectivity index (χ0) is 15.7. The molecule has 0 radical (unpaired) electrons. The van der Waals surface area contributed by atoms with Gasteiger partial charge in [-0.05, 0) is 52.7 Å². The maximum Gasteiger partial charge on any atom is 0.319 e. The molecule has 0 aromatic heterocycles. The van der Waals surface area contributed by atoms with Crippen LogP contribution in [0.2, 0.25) is 0 Å². The minimum absolute atomic E-state index is 0.0193. The Labute approximate surface area is 126 Å². The van der Waals surface area contributed by atoms with Gasteiger partial charge in [-0.15, -0.1) is 0 Å². The van der Waals surface area contributed by atoms with Gasteiger partial charge in [-0.25, -0.2) is 4.79 Å². The van der Waals surface area contributed by atoms with Crippen LogP contribution in [-0.4, -0.2) is 28.3 Å². The summed E-state index contributed by atoms with van der Waals surface area (Å²) in [5.74, 6) is 0.0682. The Balaban J connectivity index is 1.98. The maximum absolute atomic E-state index is 12.1. The average Bonchev–Trinajstić information content (AvgIpc) is 2.27. The van der Waals surface area contributed by atoms with E-state index in [4.69, 9.17) is 0 Å². The number of benzene rings is 1. The first-order chi connectivity index (χ1) is 9.67. The van der Waals surface area contributed by atoms with Gasteiger partial charge in [-0.1, -0.05) is 12.1 Å². The molecular formula is C16H25N3O2. The van der Waals surface area contributed by atoms with Gasteiger partial charge in [-0.2, -0.15) is 0 Å². The van der Waals surface area contributed by atoms with Gasteiger partial charge < -0.3 is 21.1 Å². The van der Waals surface area contributed by atoms with E-state index < -0.39 is 0 Å². The number of hydrogen-bond donors (Lipinski definition) is 4. The van der Waals surface area contributed by atoms with Gasteiger partial charge in [0.25, 0.3) is 0 Å². The predicted octanol–water partition coefficient (Wildman–Crippen LogP) is 2.82. The summed E-state index contributed by atoms with van der Waals surface area (Å²) < 4.78 is 0. The number of rotatable bonds is 2. The molecule has 1 aromatic carbocycles. The molecule has 4 N–H and O–H groups in total. The quantitative estimate of drug-likeness (QED) is 0.633. The number of carbonyl (C=O) groups excluding carboxylic acids is 1. The summed E-state index contributed by atoms with van der Waals surface area (Å²) in [6.07, 6.45) is 1.73. The molecule has 2 amide bonds. The number of hydrogen-bond acceptors (Lipinski definition) is 3. The third-order valence-electron chi connectivity index (χ3n) is 3.68. The van der Waals surface area contributed by atoms with Crippen LogP contribution in [0.25, 0.3) is 0 Å². The van der Waals surface area contributed by atoms with E-state index in [2.05, 4.69) is 43.6 Å². The Morgan fingerprint density at radius 3 is 2.33 bits per heavy atom. The monoisotopic (exact) mass is 291 g/mol. The van der Waals surface area contributed by atoms with Crippen molar-refractivity contribution in [3.05, 3.63) is 24.3 Å². The molecule has 1 aliphatic heterocycles. The Morgan fingerprint density at radius 2 is 1.76 bits per heavy atom. The Morgan fingerprint density at radius 1 is 1.19 bits per heavy atom. The molecule has 1 aromatic rings. The van der Waals surface area contributed by atoms with Gasteiger partial charge in [0.2, 0.25) is 0 Å². The van der Waals surface area contributed by atoms with Crippen molar-refractivity contribution in [3.63, 3.8) is 0 Å². The fourth-order valence-corrected chi connectivity index (χ4v) is 3.35. The predicted molar refractivity (Wildman–Crippen MR) is 84.6 cm³/mol. The van der Waals surface area contributed by atoms with Gasteiger partial charge in [-0.3, -0.25) is 0 Å². The zero-order valence-corrected chi connectivity index (χ0v) is 13.2. The van der Waals surface area contributed by atoms with Crippen molar-refractivity contribution in [1.29, 1.82) is 0 Å². The zero-order valence-electron chi connectivity index (χ0n) is 13.2. The van der Waals surface area contributed by atoms with Gasteiger partial charge in [0.15, 0.2) is 0 Å². The van der Waals surface area contributed by atoms with Crippen molar-refractivity contribution < 1.29 is 9.90 Å². The molecule has 0 spiro atoms. The minimum atomic E-state index is -0.282. The maximum atomic E-state index is 12.1. The lowest BCUT2D eigenvalue weighted by Gasteiger charge is -2.46. The molecule has 0 bridgehead atoms. The smallest absolute Gasteiger partial charge is 0.319 e. The summed E-state index contributed by atoms with van der Waals surface area (Å²) in [4.78, 5) is 12.1. The van der Waals surface area contributed by atoms with E-state index in [0.29, 0.717) is 5.69 Å². The van der Waals surface area contributed by atoms with Gasteiger partial charge in [0.1, 0.15) is 5.75 Å². The van der Waals surface area contributed by atoms with Crippen LogP contribution in [0.5, 0.6) is 5.75 Å². The van der Waals surface area contributed by atoms with Crippen LogP contribution in [0.15, 0.2) is 24.3 Å². The third kappa shape index (κ3) is 4.36. The summed E-state index contributed by atoms with van der Waals surface area (Å²) in [6, 6.07) is 6.53. The molecular weight excluding hydrogens is 266 g/mol. The molecule has 21 heavy (non-hydrogen) atoms. The highest BCUT2D eigenvalue weighted by atomic mass is 16.3. The lowest BCUT2D eigenvalue weighted by molar-refractivity contribution is 0.149. The van der Waals surface area contributed by atoms with Gasteiger partial charge in [0.05, 0.1) is 5.69 Å². The second-order valence-corrected chi connectivity index (χ2v) is 7.11. The van der Waals surface area contributed by atoms with Crippen molar-refractivity contribution in [2.75, 3.05) is 5.32 Å². The second kappa shape index (κ2) is 5.56. The summed E-state index contributed by atoms with van der Waals surface area (Å²) in [7, 11) is 0. The number of para-hydroxylation sites is 2. The number of anilines is 1. The fourth-order valence-electron chi connectivity index (χ4n) is 3.35. The van der Waals surface area contributed by atoms with Crippen LogP contribution in [-0.2, 0) is 0 Å². The number of urea groups is 1. The van der Waals surface area contributed by atoms with Crippen LogP contribution in [0.3, 0.4) is 0 Å². The van der Waals surface area contributed by atoms with Crippen molar-refractivity contribution in [1.82, 2.24) is 10.6 Å². The molecule has 1 saturated heterocycles. The van der Waals surface area contributed by atoms with E-state index >= 15 is 0 Å². The molecule has 5 nitrogen and oxygen atoms in total. The number of aromatic hydroxyl groups is 1. The van der Waals surface area contributed by atoms with E-state index in [9.17, 15) is 9.90 Å². The Bertz CT molecular complexity index is 510. The number of nitrogens with one attached hydrogen (secondary N) is 3. The van der Waals surface area contributed by atoms with Crippen LogP contribution in [0.4, 0.5) is 10.5 Å². The van der Waals surface area contributed by atoms with Gasteiger partial charge >= 0.3 is 6.03 Å². The molecule has 2 rings (SSSR count). The number of piperidine rings is 1. The van der Waals surface area contributed by atoms with E-state index in [1.807, 2.05) is 0 Å². The highest BCUT2D eigenvalue weighted by molar-refractivity contribution is 5.91.